The fourth-order valence-corrected chi connectivity index (χ4v) is 6.21. The number of aryl methyl sites for hydroxylation is 1. The third-order valence-electron chi connectivity index (χ3n) is 4.88. The molecule has 0 radical (unpaired) electrons. The van der Waals surface area contributed by atoms with Crippen LogP contribution in [0.4, 0.5) is 4.39 Å². The van der Waals surface area contributed by atoms with Crippen LogP contribution in [0, 0.1) is 12.7 Å². The molecule has 0 fully saturated rings. The number of thiazole rings is 1. The number of rotatable bonds is 5. The number of sulfonamides is 1. The summed E-state index contributed by atoms with van der Waals surface area (Å²) in [5.74, 6) is 0.253. The Balaban J connectivity index is 1.60. The Kier molecular flexibility index (Phi) is 5.42. The smallest absolute Gasteiger partial charge is 0.243 e. The number of hydrogen-bond acceptors (Lipinski definition) is 5. The summed E-state index contributed by atoms with van der Waals surface area (Å²) < 4.78 is 46.7. The average Bonchev–Trinajstić information content (AvgIpc) is 3.14. The van der Waals surface area contributed by atoms with Crippen LogP contribution < -0.4 is 4.74 Å². The molecule has 0 saturated carbocycles. The Labute approximate surface area is 173 Å². The molecule has 1 aliphatic heterocycles. The van der Waals surface area contributed by atoms with E-state index in [1.165, 1.54) is 27.8 Å². The minimum atomic E-state index is -3.77. The van der Waals surface area contributed by atoms with Crippen molar-refractivity contribution >= 4 is 21.4 Å². The second-order valence-electron chi connectivity index (χ2n) is 6.84. The van der Waals surface area contributed by atoms with E-state index in [4.69, 9.17) is 9.72 Å². The fourth-order valence-electron chi connectivity index (χ4n) is 3.35. The molecule has 0 saturated heterocycles. The molecule has 5 nitrogen and oxygen atoms in total. The van der Waals surface area contributed by atoms with Gasteiger partial charge in [-0.15, -0.1) is 11.3 Å². The molecule has 0 spiro atoms. The van der Waals surface area contributed by atoms with Crippen molar-refractivity contribution in [2.45, 2.75) is 31.7 Å². The molecule has 0 unspecified atom stereocenters. The third-order valence-corrected chi connectivity index (χ3v) is 8.00. The summed E-state index contributed by atoms with van der Waals surface area (Å²) in [4.78, 5) is 5.67. The van der Waals surface area contributed by atoms with Crippen LogP contribution in [0.25, 0.3) is 10.6 Å². The third kappa shape index (κ3) is 3.92. The summed E-state index contributed by atoms with van der Waals surface area (Å²) in [6.45, 7) is 4.81. The van der Waals surface area contributed by atoms with Crippen molar-refractivity contribution in [3.63, 3.8) is 0 Å². The summed E-state index contributed by atoms with van der Waals surface area (Å²) >= 11 is 1.50. The first-order chi connectivity index (χ1) is 13.9. The molecule has 2 heterocycles. The van der Waals surface area contributed by atoms with E-state index >= 15 is 0 Å². The summed E-state index contributed by atoms with van der Waals surface area (Å²) in [6.07, 6.45) is 0.538. The van der Waals surface area contributed by atoms with Gasteiger partial charge in [0, 0.05) is 23.4 Å². The monoisotopic (exact) mass is 432 g/mol. The SMILES string of the molecule is CCOc1ccc(-c2nc3c(s2)CN(S(=O)(=O)c2cc(F)ccc2C)CC3)cc1. The fraction of sp³-hybridized carbons (Fsp3) is 0.286. The van der Waals surface area contributed by atoms with Crippen LogP contribution in [0.3, 0.4) is 0 Å². The van der Waals surface area contributed by atoms with Crippen LogP contribution >= 0.6 is 11.3 Å². The standard InChI is InChI=1S/C21H21FN2O3S2/c1-3-27-17-8-5-15(6-9-17)21-23-18-10-11-24(13-19(18)28-21)29(25,26)20-12-16(22)7-4-14(20)2/h4-9,12H,3,10-11,13H2,1-2H3. The van der Waals surface area contributed by atoms with E-state index in [2.05, 4.69) is 0 Å². The van der Waals surface area contributed by atoms with Gasteiger partial charge in [-0.1, -0.05) is 6.07 Å². The molecule has 0 amide bonds. The lowest BCUT2D eigenvalue weighted by molar-refractivity contribution is 0.340. The van der Waals surface area contributed by atoms with Gasteiger partial charge < -0.3 is 4.74 Å². The van der Waals surface area contributed by atoms with E-state index in [0.717, 1.165) is 33.0 Å². The Morgan fingerprint density at radius 2 is 1.97 bits per heavy atom. The maximum Gasteiger partial charge on any atom is 0.243 e. The van der Waals surface area contributed by atoms with Crippen LogP contribution in [0.2, 0.25) is 0 Å². The van der Waals surface area contributed by atoms with E-state index in [0.29, 0.717) is 25.1 Å². The Hall–Kier alpha value is -2.29. The number of ether oxygens (including phenoxy) is 1. The van der Waals surface area contributed by atoms with Crippen molar-refractivity contribution < 1.29 is 17.5 Å². The topological polar surface area (TPSA) is 59.5 Å². The molecule has 0 bridgehead atoms. The van der Waals surface area contributed by atoms with Gasteiger partial charge in [-0.2, -0.15) is 4.31 Å². The molecule has 1 aromatic heterocycles. The van der Waals surface area contributed by atoms with E-state index in [1.807, 2.05) is 31.2 Å². The molecule has 2 aromatic carbocycles. The van der Waals surface area contributed by atoms with E-state index in [9.17, 15) is 12.8 Å². The molecular weight excluding hydrogens is 411 g/mol. The zero-order valence-corrected chi connectivity index (χ0v) is 17.8. The van der Waals surface area contributed by atoms with Gasteiger partial charge in [-0.25, -0.2) is 17.8 Å². The molecule has 4 rings (SSSR count). The number of benzene rings is 2. The molecule has 152 valence electrons. The largest absolute Gasteiger partial charge is 0.494 e. The second kappa shape index (κ2) is 7.85. The minimum Gasteiger partial charge on any atom is -0.494 e. The quantitative estimate of drug-likeness (QED) is 0.600. The summed E-state index contributed by atoms with van der Waals surface area (Å²) in [5.41, 5.74) is 2.45. The van der Waals surface area contributed by atoms with Gasteiger partial charge in [0.15, 0.2) is 0 Å². The Morgan fingerprint density at radius 3 is 2.69 bits per heavy atom. The molecule has 0 atom stereocenters. The van der Waals surface area contributed by atoms with Crippen molar-refractivity contribution in [1.29, 1.82) is 0 Å². The number of hydrogen-bond donors (Lipinski definition) is 0. The molecule has 1 aliphatic rings. The van der Waals surface area contributed by atoms with Crippen molar-refractivity contribution in [2.24, 2.45) is 0 Å². The van der Waals surface area contributed by atoms with Crippen molar-refractivity contribution in [3.8, 4) is 16.3 Å². The van der Waals surface area contributed by atoms with E-state index in [1.54, 1.807) is 6.92 Å². The molecule has 3 aromatic rings. The van der Waals surface area contributed by atoms with Gasteiger partial charge in [0.05, 0.1) is 23.7 Å². The molecular formula is C21H21FN2O3S2. The van der Waals surface area contributed by atoms with Crippen molar-refractivity contribution in [2.75, 3.05) is 13.2 Å². The number of fused-ring (bicyclic) bond motifs is 1. The highest BCUT2D eigenvalue weighted by atomic mass is 32.2. The zero-order valence-electron chi connectivity index (χ0n) is 16.2. The highest BCUT2D eigenvalue weighted by Crippen LogP contribution is 2.34. The average molecular weight is 433 g/mol. The Morgan fingerprint density at radius 1 is 1.21 bits per heavy atom. The maximum absolute atomic E-state index is 13.7. The lowest BCUT2D eigenvalue weighted by Crippen LogP contribution is -2.35. The van der Waals surface area contributed by atoms with Crippen LogP contribution in [0.1, 0.15) is 23.1 Å². The zero-order chi connectivity index (χ0) is 20.6. The van der Waals surface area contributed by atoms with Gasteiger partial charge >= 0.3 is 0 Å². The van der Waals surface area contributed by atoms with Crippen LogP contribution in [0.15, 0.2) is 47.4 Å². The van der Waals surface area contributed by atoms with Gasteiger partial charge in [0.25, 0.3) is 0 Å². The van der Waals surface area contributed by atoms with Crippen molar-refractivity contribution in [1.82, 2.24) is 9.29 Å². The van der Waals surface area contributed by atoms with E-state index < -0.39 is 15.8 Å². The first-order valence-corrected chi connectivity index (χ1v) is 11.6. The number of halogens is 1. The molecule has 29 heavy (non-hydrogen) atoms. The normalized spacial score (nSPS) is 14.6. The summed E-state index contributed by atoms with van der Waals surface area (Å²) in [6, 6.07) is 11.6. The predicted molar refractivity (Wildman–Crippen MR) is 111 cm³/mol. The first-order valence-electron chi connectivity index (χ1n) is 9.36. The van der Waals surface area contributed by atoms with Crippen LogP contribution in [-0.4, -0.2) is 30.9 Å². The van der Waals surface area contributed by atoms with E-state index in [-0.39, 0.29) is 11.4 Å². The lowest BCUT2D eigenvalue weighted by Gasteiger charge is -2.26. The van der Waals surface area contributed by atoms with Gasteiger partial charge in [0.2, 0.25) is 10.0 Å². The second-order valence-corrected chi connectivity index (χ2v) is 9.83. The summed E-state index contributed by atoms with van der Waals surface area (Å²) in [5, 5.41) is 0.860. The Bertz CT molecular complexity index is 1140. The number of nitrogens with zero attached hydrogens (tertiary/aromatic N) is 2. The molecule has 0 aliphatic carbocycles. The minimum absolute atomic E-state index is 0.0252. The van der Waals surface area contributed by atoms with Gasteiger partial charge in [-0.3, -0.25) is 0 Å². The number of aromatic nitrogens is 1. The highest BCUT2D eigenvalue weighted by molar-refractivity contribution is 7.89. The van der Waals surface area contributed by atoms with Crippen LogP contribution in [0.5, 0.6) is 5.75 Å². The molecule has 8 heteroatoms. The molecule has 0 N–H and O–H groups in total. The van der Waals surface area contributed by atoms with Gasteiger partial charge in [0.1, 0.15) is 16.6 Å². The maximum atomic E-state index is 13.7. The van der Waals surface area contributed by atoms with Crippen LogP contribution in [-0.2, 0) is 23.0 Å². The predicted octanol–water partition coefficient (Wildman–Crippen LogP) is 4.40. The van der Waals surface area contributed by atoms with Gasteiger partial charge in [-0.05, 0) is 55.8 Å². The summed E-state index contributed by atoms with van der Waals surface area (Å²) in [7, 11) is -3.77. The first kappa shape index (κ1) is 20.0. The highest BCUT2D eigenvalue weighted by Gasteiger charge is 2.31. The van der Waals surface area contributed by atoms with Crippen molar-refractivity contribution in [3.05, 3.63) is 64.4 Å². The lowest BCUT2D eigenvalue weighted by atomic mass is 10.2.